The van der Waals surface area contributed by atoms with E-state index in [0.717, 1.165) is 7.11 Å². The van der Waals surface area contributed by atoms with Gasteiger partial charge in [0.05, 0.1) is 17.6 Å². The fourth-order valence-electron chi connectivity index (χ4n) is 1.51. The van der Waals surface area contributed by atoms with Gasteiger partial charge in [0.15, 0.2) is 5.75 Å². The van der Waals surface area contributed by atoms with E-state index in [4.69, 9.17) is 10.2 Å². The summed E-state index contributed by atoms with van der Waals surface area (Å²) >= 11 is 0. The second-order valence-corrected chi connectivity index (χ2v) is 3.64. The van der Waals surface area contributed by atoms with Crippen molar-refractivity contribution in [1.29, 1.82) is 0 Å². The van der Waals surface area contributed by atoms with Crippen LogP contribution in [-0.4, -0.2) is 44.4 Å². The van der Waals surface area contributed by atoms with Crippen LogP contribution in [0.1, 0.15) is 5.56 Å². The molecule has 1 aromatic carbocycles. The minimum absolute atomic E-state index is 0.477. The van der Waals surface area contributed by atoms with Gasteiger partial charge in [-0.2, -0.15) is 0 Å². The van der Waals surface area contributed by atoms with Crippen LogP contribution >= 0.6 is 0 Å². The molecule has 10 heteroatoms. The van der Waals surface area contributed by atoms with Gasteiger partial charge in [-0.3, -0.25) is 10.1 Å². The first-order chi connectivity index (χ1) is 9.70. The number of benzene rings is 1. The van der Waals surface area contributed by atoms with Gasteiger partial charge in [0, 0.05) is 0 Å². The molecule has 0 spiro atoms. The Morgan fingerprint density at radius 1 is 1.29 bits per heavy atom. The smallest absolute Gasteiger partial charge is 0.343 e. The molecular formula is C11H9NO9. The van der Waals surface area contributed by atoms with Crippen molar-refractivity contribution in [1.82, 2.24) is 0 Å². The van der Waals surface area contributed by atoms with Crippen molar-refractivity contribution in [3.8, 4) is 17.2 Å². The van der Waals surface area contributed by atoms with E-state index in [1.807, 2.05) is 0 Å². The number of aromatic hydroxyl groups is 2. The van der Waals surface area contributed by atoms with Crippen molar-refractivity contribution in [3.05, 3.63) is 27.3 Å². The van der Waals surface area contributed by atoms with Crippen LogP contribution in [0.3, 0.4) is 0 Å². The minimum Gasteiger partial charge on any atom is -0.504 e. The fraction of sp³-hybridized carbons (Fsp3) is 0.0909. The third-order valence-corrected chi connectivity index (χ3v) is 2.39. The number of aliphatic carboxylic acids is 2. The molecule has 0 saturated heterocycles. The highest BCUT2D eigenvalue weighted by Gasteiger charge is 2.28. The van der Waals surface area contributed by atoms with Gasteiger partial charge in [0.2, 0.25) is 11.5 Å². The third kappa shape index (κ3) is 3.00. The molecule has 21 heavy (non-hydrogen) atoms. The molecule has 1 rings (SSSR count). The number of carbonyl (C=O) groups is 2. The van der Waals surface area contributed by atoms with Gasteiger partial charge >= 0.3 is 17.6 Å². The van der Waals surface area contributed by atoms with Gasteiger partial charge in [-0.05, 0) is 12.1 Å². The van der Waals surface area contributed by atoms with Crippen molar-refractivity contribution in [2.75, 3.05) is 7.11 Å². The number of carboxylic acids is 2. The predicted octanol–water partition coefficient (Wildman–Crippen LogP) is 0.567. The number of hydrogen-bond acceptors (Lipinski definition) is 7. The van der Waals surface area contributed by atoms with Gasteiger partial charge in [-0.25, -0.2) is 9.59 Å². The Bertz CT molecular complexity index is 646. The first kappa shape index (κ1) is 15.8. The van der Waals surface area contributed by atoms with E-state index in [1.54, 1.807) is 0 Å². The van der Waals surface area contributed by atoms with Crippen LogP contribution in [0.5, 0.6) is 17.2 Å². The Morgan fingerprint density at radius 3 is 2.19 bits per heavy atom. The summed E-state index contributed by atoms with van der Waals surface area (Å²) in [6.07, 6.45) is 0.477. The molecule has 112 valence electrons. The largest absolute Gasteiger partial charge is 0.504 e. The van der Waals surface area contributed by atoms with Crippen molar-refractivity contribution in [2.45, 2.75) is 0 Å². The van der Waals surface area contributed by atoms with Crippen LogP contribution in [0.25, 0.3) is 6.08 Å². The second-order valence-electron chi connectivity index (χ2n) is 3.64. The van der Waals surface area contributed by atoms with Crippen molar-refractivity contribution in [2.24, 2.45) is 0 Å². The highest BCUT2D eigenvalue weighted by Crippen LogP contribution is 2.45. The summed E-state index contributed by atoms with van der Waals surface area (Å²) in [5, 5.41) is 47.3. The summed E-state index contributed by atoms with van der Waals surface area (Å²) in [6.45, 7) is 0. The molecule has 0 bridgehead atoms. The van der Waals surface area contributed by atoms with Crippen LogP contribution in [0.4, 0.5) is 5.69 Å². The van der Waals surface area contributed by atoms with Gasteiger partial charge in [0.25, 0.3) is 0 Å². The topological polar surface area (TPSA) is 167 Å². The van der Waals surface area contributed by atoms with E-state index in [-0.39, 0.29) is 0 Å². The molecule has 0 radical (unpaired) electrons. The molecule has 0 aromatic heterocycles. The van der Waals surface area contributed by atoms with Gasteiger partial charge in [-0.1, -0.05) is 0 Å². The van der Waals surface area contributed by atoms with E-state index >= 15 is 0 Å². The van der Waals surface area contributed by atoms with Crippen molar-refractivity contribution in [3.63, 3.8) is 0 Å². The number of ether oxygens (including phenoxy) is 1. The van der Waals surface area contributed by atoms with Crippen molar-refractivity contribution < 1.29 is 39.7 Å². The molecule has 0 aliphatic heterocycles. The minimum atomic E-state index is -1.83. The maximum atomic E-state index is 11.0. The monoisotopic (exact) mass is 299 g/mol. The normalized spacial score (nSPS) is 9.76. The number of methoxy groups -OCH3 is 1. The average molecular weight is 299 g/mol. The Balaban J connectivity index is 3.74. The molecule has 4 N–H and O–H groups in total. The number of carboxylic acid groups (broad SMARTS) is 2. The quantitative estimate of drug-likeness (QED) is 0.152. The number of hydrogen-bond donors (Lipinski definition) is 4. The molecule has 0 atom stereocenters. The summed E-state index contributed by atoms with van der Waals surface area (Å²) in [7, 11) is 0.976. The lowest BCUT2D eigenvalue weighted by Crippen LogP contribution is -2.11. The number of nitro benzene ring substituents is 1. The molecule has 0 amide bonds. The zero-order chi connectivity index (χ0) is 16.3. The first-order valence-corrected chi connectivity index (χ1v) is 5.16. The SMILES string of the molecule is COc1c(O)c(O)cc(C=C(C(=O)O)C(=O)O)c1[N+](=O)[O-]. The zero-order valence-electron chi connectivity index (χ0n) is 10.4. The molecule has 0 unspecified atom stereocenters. The Labute approximate surface area is 116 Å². The maximum Gasteiger partial charge on any atom is 0.343 e. The number of rotatable bonds is 5. The fourth-order valence-corrected chi connectivity index (χ4v) is 1.51. The zero-order valence-corrected chi connectivity index (χ0v) is 10.4. The van der Waals surface area contributed by atoms with E-state index in [0.29, 0.717) is 12.1 Å². The molecule has 0 saturated carbocycles. The van der Waals surface area contributed by atoms with Crippen LogP contribution in [0, 0.1) is 10.1 Å². The standard InChI is InChI=1S/C11H9NO9/c1-21-9-7(12(19)20)4(3-6(13)8(9)14)2-5(10(15)16)11(17)18/h2-3,13-14H,1H3,(H,15,16)(H,17,18). The lowest BCUT2D eigenvalue weighted by Gasteiger charge is -2.08. The highest BCUT2D eigenvalue weighted by molar-refractivity contribution is 6.16. The van der Waals surface area contributed by atoms with Gasteiger partial charge < -0.3 is 25.2 Å². The average Bonchev–Trinajstić information content (AvgIpc) is 2.37. The Morgan fingerprint density at radius 2 is 1.81 bits per heavy atom. The molecule has 10 nitrogen and oxygen atoms in total. The number of nitro groups is 1. The summed E-state index contributed by atoms with van der Waals surface area (Å²) in [6, 6.07) is 0.655. The second kappa shape index (κ2) is 5.77. The first-order valence-electron chi connectivity index (χ1n) is 5.16. The lowest BCUT2D eigenvalue weighted by molar-refractivity contribution is -0.386. The summed E-state index contributed by atoms with van der Waals surface area (Å²) < 4.78 is 4.59. The van der Waals surface area contributed by atoms with Crippen molar-refractivity contribution >= 4 is 23.7 Å². The molecule has 0 aliphatic rings. The van der Waals surface area contributed by atoms with E-state index in [1.165, 1.54) is 0 Å². The van der Waals surface area contributed by atoms with Crippen LogP contribution in [0.15, 0.2) is 11.6 Å². The highest BCUT2D eigenvalue weighted by atomic mass is 16.6. The van der Waals surface area contributed by atoms with Crippen LogP contribution in [0.2, 0.25) is 0 Å². The van der Waals surface area contributed by atoms with Gasteiger partial charge in [-0.15, -0.1) is 0 Å². The molecule has 0 fully saturated rings. The predicted molar refractivity (Wildman–Crippen MR) is 66.2 cm³/mol. The van der Waals surface area contributed by atoms with Crippen LogP contribution < -0.4 is 4.74 Å². The van der Waals surface area contributed by atoms with E-state index < -0.39 is 50.9 Å². The lowest BCUT2D eigenvalue weighted by atomic mass is 10.1. The van der Waals surface area contributed by atoms with E-state index in [2.05, 4.69) is 4.74 Å². The van der Waals surface area contributed by atoms with Crippen LogP contribution in [-0.2, 0) is 9.59 Å². The summed E-state index contributed by atoms with van der Waals surface area (Å²) in [5.41, 5.74) is -2.59. The van der Waals surface area contributed by atoms with Gasteiger partial charge in [0.1, 0.15) is 5.57 Å². The number of nitrogens with zero attached hydrogens (tertiary/aromatic N) is 1. The third-order valence-electron chi connectivity index (χ3n) is 2.39. The molecule has 1 aromatic rings. The number of phenolic OH excluding ortho intramolecular Hbond substituents is 2. The summed E-state index contributed by atoms with van der Waals surface area (Å²) in [5.74, 6) is -6.14. The molecule has 0 heterocycles. The maximum absolute atomic E-state index is 11.0. The van der Waals surface area contributed by atoms with E-state index in [9.17, 15) is 29.9 Å². The Kier molecular flexibility index (Phi) is 4.33. The Hall–Kier alpha value is -3.30. The molecule has 0 aliphatic carbocycles. The molecular weight excluding hydrogens is 290 g/mol. The number of phenols is 2. The summed E-state index contributed by atoms with van der Waals surface area (Å²) in [4.78, 5) is 31.5.